The molecule has 4 rings (SSSR count). The number of ether oxygens (including phenoxy) is 1. The van der Waals surface area contributed by atoms with Crippen LogP contribution in [0.4, 0.5) is 24.9 Å². The molecule has 6 nitrogen and oxygen atoms in total. The molecule has 2 aliphatic rings. The molecule has 0 spiro atoms. The molecular formula is C25H36Cl2F3N5O. The molecule has 1 saturated carbocycles. The van der Waals surface area contributed by atoms with Crippen LogP contribution in [0.2, 0.25) is 0 Å². The predicted molar refractivity (Wildman–Crippen MR) is 142 cm³/mol. The van der Waals surface area contributed by atoms with Crippen LogP contribution in [0.3, 0.4) is 0 Å². The third kappa shape index (κ3) is 7.76. The van der Waals surface area contributed by atoms with Crippen LogP contribution in [0.5, 0.6) is 5.75 Å². The second-order valence-corrected chi connectivity index (χ2v) is 9.68. The Hall–Kier alpha value is -1.97. The summed E-state index contributed by atoms with van der Waals surface area (Å²) in [5.41, 5.74) is 9.37. The number of aromatic nitrogens is 2. The van der Waals surface area contributed by atoms with Crippen molar-refractivity contribution in [3.63, 3.8) is 0 Å². The lowest BCUT2D eigenvalue weighted by Crippen LogP contribution is -2.38. The molecule has 1 aromatic carbocycles. The zero-order chi connectivity index (χ0) is 24.3. The summed E-state index contributed by atoms with van der Waals surface area (Å²) in [5.74, 6) is 1.78. The van der Waals surface area contributed by atoms with E-state index in [-0.39, 0.29) is 48.6 Å². The number of fused-ring (bicyclic) bond motifs is 1. The predicted octanol–water partition coefficient (Wildman–Crippen LogP) is 5.70. The lowest BCUT2D eigenvalue weighted by atomic mass is 9.80. The summed E-state index contributed by atoms with van der Waals surface area (Å²) in [6.45, 7) is 0. The van der Waals surface area contributed by atoms with Crippen molar-refractivity contribution in [3.05, 3.63) is 41.1 Å². The zero-order valence-corrected chi connectivity index (χ0v) is 22.3. The van der Waals surface area contributed by atoms with Crippen molar-refractivity contribution in [2.75, 3.05) is 24.3 Å². The third-order valence-electron chi connectivity index (χ3n) is 6.95. The van der Waals surface area contributed by atoms with E-state index in [4.69, 9.17) is 15.7 Å². The quantitative estimate of drug-likeness (QED) is 0.461. The van der Waals surface area contributed by atoms with Crippen molar-refractivity contribution < 1.29 is 17.9 Å². The number of para-hydroxylation sites is 1. The summed E-state index contributed by atoms with van der Waals surface area (Å²) in [6, 6.07) is 6.30. The maximum absolute atomic E-state index is 12.7. The minimum Gasteiger partial charge on any atom is -0.406 e. The van der Waals surface area contributed by atoms with Crippen LogP contribution < -0.4 is 20.7 Å². The highest BCUT2D eigenvalue weighted by atomic mass is 35.5. The molecule has 1 aromatic heterocycles. The van der Waals surface area contributed by atoms with E-state index in [9.17, 15) is 13.2 Å². The molecule has 1 fully saturated rings. The first-order chi connectivity index (χ1) is 16.2. The van der Waals surface area contributed by atoms with Gasteiger partial charge in [-0.1, -0.05) is 18.2 Å². The van der Waals surface area contributed by atoms with Gasteiger partial charge < -0.3 is 20.7 Å². The molecule has 1 atom stereocenters. The number of nitrogens with one attached hydrogen (secondary N) is 1. The highest BCUT2D eigenvalue weighted by molar-refractivity contribution is 5.85. The van der Waals surface area contributed by atoms with Crippen molar-refractivity contribution in [2.24, 2.45) is 11.7 Å². The SMILES string of the molecule is CN(C)c1nc(NC2CCC(C(N)Cc3ccccc3OC(F)(F)F)CC2)nc2c1CCCC2.Cl.Cl. The van der Waals surface area contributed by atoms with Crippen LogP contribution in [-0.4, -0.2) is 42.5 Å². The fraction of sp³-hybridized carbons (Fsp3) is 0.600. The van der Waals surface area contributed by atoms with Crippen LogP contribution in [0.15, 0.2) is 24.3 Å². The Bertz CT molecular complexity index is 985. The Balaban J connectivity index is 0.00000228. The number of benzene rings is 1. The average Bonchev–Trinajstić information content (AvgIpc) is 2.79. The Labute approximate surface area is 223 Å². The van der Waals surface area contributed by atoms with Gasteiger partial charge in [0.15, 0.2) is 0 Å². The molecule has 202 valence electrons. The second-order valence-electron chi connectivity index (χ2n) is 9.68. The van der Waals surface area contributed by atoms with Crippen LogP contribution in [0.1, 0.15) is 55.3 Å². The first-order valence-electron chi connectivity index (χ1n) is 12.1. The highest BCUT2D eigenvalue weighted by Gasteiger charge is 2.33. The normalized spacial score (nSPS) is 20.3. The Morgan fingerprint density at radius 1 is 1.06 bits per heavy atom. The molecule has 1 unspecified atom stereocenters. The van der Waals surface area contributed by atoms with Gasteiger partial charge in [0.05, 0.1) is 5.69 Å². The third-order valence-corrected chi connectivity index (χ3v) is 6.95. The number of rotatable bonds is 7. The fourth-order valence-electron chi connectivity index (χ4n) is 5.20. The number of nitrogens with zero attached hydrogens (tertiary/aromatic N) is 3. The van der Waals surface area contributed by atoms with Crippen molar-refractivity contribution in [1.82, 2.24) is 9.97 Å². The maximum atomic E-state index is 12.7. The molecule has 0 radical (unpaired) electrons. The molecule has 0 amide bonds. The molecule has 1 heterocycles. The molecule has 3 N–H and O–H groups in total. The van der Waals surface area contributed by atoms with E-state index in [0.29, 0.717) is 17.9 Å². The van der Waals surface area contributed by atoms with E-state index in [0.717, 1.165) is 56.5 Å². The van der Waals surface area contributed by atoms with E-state index in [1.807, 2.05) is 14.1 Å². The number of aryl methyl sites for hydroxylation is 1. The minimum absolute atomic E-state index is 0. The number of anilines is 2. The van der Waals surface area contributed by atoms with Gasteiger partial charge in [0, 0.05) is 31.7 Å². The molecule has 2 aromatic rings. The minimum atomic E-state index is -4.71. The first-order valence-corrected chi connectivity index (χ1v) is 12.1. The molecule has 0 saturated heterocycles. The summed E-state index contributed by atoms with van der Waals surface area (Å²) < 4.78 is 42.4. The number of alkyl halides is 3. The van der Waals surface area contributed by atoms with Crippen LogP contribution in [0, 0.1) is 5.92 Å². The van der Waals surface area contributed by atoms with Crippen molar-refractivity contribution in [2.45, 2.75) is 76.2 Å². The van der Waals surface area contributed by atoms with Gasteiger partial charge in [0.1, 0.15) is 11.6 Å². The van der Waals surface area contributed by atoms with Crippen LogP contribution in [-0.2, 0) is 19.3 Å². The molecule has 36 heavy (non-hydrogen) atoms. The number of hydrogen-bond acceptors (Lipinski definition) is 6. The Morgan fingerprint density at radius 2 is 1.72 bits per heavy atom. The Kier molecular flexibility index (Phi) is 10.9. The van der Waals surface area contributed by atoms with Crippen LogP contribution in [0.25, 0.3) is 0 Å². The van der Waals surface area contributed by atoms with E-state index in [1.54, 1.807) is 12.1 Å². The van der Waals surface area contributed by atoms with Gasteiger partial charge in [-0.25, -0.2) is 4.98 Å². The molecular weight excluding hydrogens is 514 g/mol. The van der Waals surface area contributed by atoms with E-state index < -0.39 is 6.36 Å². The van der Waals surface area contributed by atoms with Gasteiger partial charge >= 0.3 is 6.36 Å². The van der Waals surface area contributed by atoms with E-state index in [1.165, 1.54) is 24.1 Å². The lowest BCUT2D eigenvalue weighted by Gasteiger charge is -2.33. The van der Waals surface area contributed by atoms with Crippen molar-refractivity contribution >= 4 is 36.6 Å². The topological polar surface area (TPSA) is 76.3 Å². The van der Waals surface area contributed by atoms with Gasteiger partial charge in [0.2, 0.25) is 5.95 Å². The summed E-state index contributed by atoms with van der Waals surface area (Å²) in [4.78, 5) is 11.7. The van der Waals surface area contributed by atoms with E-state index >= 15 is 0 Å². The van der Waals surface area contributed by atoms with Gasteiger partial charge in [-0.2, -0.15) is 4.98 Å². The first kappa shape index (κ1) is 30.3. The summed E-state index contributed by atoms with van der Waals surface area (Å²) in [5, 5.41) is 3.54. The standard InChI is InChI=1S/C25H34F3N5O.2ClH/c1-33(2)23-19-8-4-5-9-21(19)31-24(32-23)30-18-13-11-16(12-14-18)20(29)15-17-7-3-6-10-22(17)34-25(26,27)28;;/h3,6-7,10,16,18,20H,4-5,8-9,11-15,29H2,1-2H3,(H,30,31,32);2*1H. The van der Waals surface area contributed by atoms with Gasteiger partial charge in [0.25, 0.3) is 0 Å². The largest absolute Gasteiger partial charge is 0.573 e. The molecule has 2 aliphatic carbocycles. The monoisotopic (exact) mass is 549 g/mol. The fourth-order valence-corrected chi connectivity index (χ4v) is 5.20. The van der Waals surface area contributed by atoms with E-state index in [2.05, 4.69) is 15.0 Å². The second kappa shape index (κ2) is 13.0. The summed E-state index contributed by atoms with van der Waals surface area (Å²) in [6.07, 6.45) is 3.69. The van der Waals surface area contributed by atoms with Crippen molar-refractivity contribution in [3.8, 4) is 5.75 Å². The Morgan fingerprint density at radius 3 is 2.39 bits per heavy atom. The smallest absolute Gasteiger partial charge is 0.406 e. The number of nitrogens with two attached hydrogens (primary N) is 1. The van der Waals surface area contributed by atoms with Crippen LogP contribution >= 0.6 is 24.8 Å². The maximum Gasteiger partial charge on any atom is 0.573 e. The van der Waals surface area contributed by atoms with Gasteiger partial charge in [-0.15, -0.1) is 38.0 Å². The molecule has 0 aliphatic heterocycles. The number of halogens is 5. The van der Waals surface area contributed by atoms with Crippen molar-refractivity contribution in [1.29, 1.82) is 0 Å². The lowest BCUT2D eigenvalue weighted by molar-refractivity contribution is -0.274. The zero-order valence-electron chi connectivity index (χ0n) is 20.7. The number of hydrogen-bond donors (Lipinski definition) is 2. The van der Waals surface area contributed by atoms with Gasteiger partial charge in [-0.3, -0.25) is 0 Å². The molecule has 11 heteroatoms. The van der Waals surface area contributed by atoms with Gasteiger partial charge in [-0.05, 0) is 75.3 Å². The summed E-state index contributed by atoms with van der Waals surface area (Å²) >= 11 is 0. The molecule has 0 bridgehead atoms. The highest BCUT2D eigenvalue weighted by Crippen LogP contribution is 2.33. The summed E-state index contributed by atoms with van der Waals surface area (Å²) in [7, 11) is 4.04. The average molecular weight is 550 g/mol.